The summed E-state index contributed by atoms with van der Waals surface area (Å²) >= 11 is 0. The van der Waals surface area contributed by atoms with Crippen LogP contribution in [0.3, 0.4) is 0 Å². The van der Waals surface area contributed by atoms with E-state index < -0.39 is 11.7 Å². The predicted octanol–water partition coefficient (Wildman–Crippen LogP) is 1.22. The molecule has 0 bridgehead atoms. The number of aromatic nitrogens is 3. The molecule has 45 heavy (non-hydrogen) atoms. The van der Waals surface area contributed by atoms with E-state index in [0.717, 1.165) is 5.56 Å². The summed E-state index contributed by atoms with van der Waals surface area (Å²) in [5.74, 6) is -0.854. The van der Waals surface area contributed by atoms with Gasteiger partial charge in [-0.05, 0) is 42.0 Å². The summed E-state index contributed by atoms with van der Waals surface area (Å²) < 4.78 is 25.2. The minimum absolute atomic E-state index is 0. The van der Waals surface area contributed by atoms with Gasteiger partial charge in [0.05, 0.1) is 41.7 Å². The summed E-state index contributed by atoms with van der Waals surface area (Å²) in [7, 11) is 1.42. The number of methoxy groups -OCH3 is 1. The van der Waals surface area contributed by atoms with E-state index >= 15 is 0 Å². The van der Waals surface area contributed by atoms with Gasteiger partial charge in [-0.25, -0.2) is 19.2 Å². The molecule has 0 radical (unpaired) electrons. The Labute approximate surface area is 300 Å². The van der Waals surface area contributed by atoms with E-state index in [1.54, 1.807) is 41.6 Å². The number of anilines is 2. The number of halogens is 1. The fourth-order valence-corrected chi connectivity index (χ4v) is 5.18. The first-order valence-electron chi connectivity index (χ1n) is 13.3. The molecular formula is C31H24FKN8O4. The second-order valence-corrected chi connectivity index (χ2v) is 9.67. The number of cyclic esters (lactones) is 1. The van der Waals surface area contributed by atoms with E-state index in [1.165, 1.54) is 31.5 Å². The average molecular weight is 631 g/mol. The number of pyridine rings is 1. The third-order valence-electron chi connectivity index (χ3n) is 7.26. The van der Waals surface area contributed by atoms with Gasteiger partial charge in [-0.1, -0.05) is 12.1 Å². The topological polar surface area (TPSA) is 157 Å². The number of piperazine rings is 1. The molecule has 2 fully saturated rings. The van der Waals surface area contributed by atoms with Crippen LogP contribution in [-0.2, 0) is 4.74 Å². The number of carbonyl (C=O) groups excluding carboxylic acids is 2. The fourth-order valence-electron chi connectivity index (χ4n) is 5.18. The van der Waals surface area contributed by atoms with Crippen LogP contribution < -0.4 is 66.3 Å². The van der Waals surface area contributed by atoms with Crippen LogP contribution in [0.4, 0.5) is 20.6 Å². The van der Waals surface area contributed by atoms with Crippen LogP contribution >= 0.6 is 0 Å². The van der Waals surface area contributed by atoms with Crippen molar-refractivity contribution in [2.24, 2.45) is 0 Å². The van der Waals surface area contributed by atoms with Gasteiger partial charge in [0.2, 0.25) is 0 Å². The van der Waals surface area contributed by atoms with Gasteiger partial charge in [0.15, 0.2) is 5.82 Å². The first-order chi connectivity index (χ1) is 21.5. The zero-order valence-electron chi connectivity index (χ0n) is 24.4. The number of hydrogen-bond donors (Lipinski definition) is 1. The number of nitriles is 1. The first kappa shape index (κ1) is 33.4. The molecule has 2 aromatic carbocycles. The van der Waals surface area contributed by atoms with E-state index in [0.29, 0.717) is 42.1 Å². The van der Waals surface area contributed by atoms with Crippen molar-refractivity contribution < 1.29 is 74.8 Å². The number of carbonyl (C=O) groups is 2. The second-order valence-electron chi connectivity index (χ2n) is 9.67. The van der Waals surface area contributed by atoms with Crippen LogP contribution in [0.15, 0.2) is 67.1 Å². The van der Waals surface area contributed by atoms with Crippen molar-refractivity contribution in [1.29, 1.82) is 10.5 Å². The van der Waals surface area contributed by atoms with Crippen LogP contribution in [0.25, 0.3) is 22.5 Å². The number of hydrogen-bond acceptors (Lipinski definition) is 10. The maximum Gasteiger partial charge on any atom is 1.00 e. The van der Waals surface area contributed by atoms with Gasteiger partial charge in [0.25, 0.3) is 5.91 Å². The Morgan fingerprint density at radius 2 is 2.00 bits per heavy atom. The van der Waals surface area contributed by atoms with E-state index in [4.69, 9.17) is 21.3 Å². The predicted molar refractivity (Wildman–Crippen MR) is 155 cm³/mol. The molecule has 12 nitrogen and oxygen atoms in total. The van der Waals surface area contributed by atoms with Crippen LogP contribution in [0.1, 0.15) is 16.1 Å². The van der Waals surface area contributed by atoms with Crippen molar-refractivity contribution in [3.05, 3.63) is 90.8 Å². The zero-order valence-corrected chi connectivity index (χ0v) is 27.5. The van der Waals surface area contributed by atoms with Crippen molar-refractivity contribution in [2.75, 3.05) is 43.6 Å². The molecule has 220 valence electrons. The van der Waals surface area contributed by atoms with Crippen molar-refractivity contribution in [2.45, 2.75) is 6.04 Å². The monoisotopic (exact) mass is 630 g/mol. The van der Waals surface area contributed by atoms with Crippen molar-refractivity contribution >= 4 is 23.4 Å². The summed E-state index contributed by atoms with van der Waals surface area (Å²) in [6, 6.07) is 14.9. The van der Waals surface area contributed by atoms with Gasteiger partial charge < -0.3 is 31.5 Å². The largest absolute Gasteiger partial charge is 1.00 e. The van der Waals surface area contributed by atoms with Crippen LogP contribution in [-0.4, -0.2) is 71.2 Å². The van der Waals surface area contributed by atoms with Crippen LogP contribution in [0.5, 0.6) is 5.75 Å². The van der Waals surface area contributed by atoms with E-state index in [1.807, 2.05) is 6.07 Å². The van der Waals surface area contributed by atoms with E-state index in [2.05, 4.69) is 31.2 Å². The number of fused-ring (bicyclic) bond motifs is 1. The fraction of sp³-hybridized carbons (Fsp3) is 0.194. The number of amides is 2. The molecule has 0 unspecified atom stereocenters. The average Bonchev–Trinajstić information content (AvgIpc) is 3.45. The van der Waals surface area contributed by atoms with E-state index in [-0.39, 0.29) is 93.0 Å². The number of ether oxygens (including phenoxy) is 2. The Kier molecular flexibility index (Phi) is 11.2. The number of nitrogens with one attached hydrogen (secondary N) is 1. The molecule has 4 heterocycles. The Morgan fingerprint density at radius 1 is 1.18 bits per heavy atom. The van der Waals surface area contributed by atoms with Gasteiger partial charge >= 0.3 is 57.5 Å². The molecule has 6 rings (SSSR count). The Bertz CT molecular complexity index is 1800. The Balaban J connectivity index is 0.00000151. The Morgan fingerprint density at radius 3 is 2.78 bits per heavy atom. The summed E-state index contributed by atoms with van der Waals surface area (Å²) in [6.07, 6.45) is 4.23. The number of rotatable bonds is 6. The minimum atomic E-state index is -0.578. The third kappa shape index (κ3) is 6.96. The van der Waals surface area contributed by atoms with Gasteiger partial charge in [0.1, 0.15) is 23.9 Å². The zero-order chi connectivity index (χ0) is 31.2. The number of nitrogens with zero attached hydrogens (tertiary/aromatic N) is 7. The SMILES string of the molecule is COc1cccc(F)c1-c1nccc(C(=O)Nc2ccc(-c3cnccc3C#N)cc2N2CCN3C(=O)OC[C@H]3C2)n1.[C-]#N.[K+]. The van der Waals surface area contributed by atoms with Crippen molar-refractivity contribution in [3.8, 4) is 34.3 Å². The molecule has 14 heteroatoms. The summed E-state index contributed by atoms with van der Waals surface area (Å²) in [4.78, 5) is 42.0. The molecule has 0 saturated carbocycles. The maximum absolute atomic E-state index is 14.7. The Hall–Kier alpha value is -4.44. The van der Waals surface area contributed by atoms with Gasteiger partial charge in [0, 0.05) is 43.8 Å². The van der Waals surface area contributed by atoms with Crippen molar-refractivity contribution in [3.63, 3.8) is 0 Å². The number of benzene rings is 2. The molecule has 0 spiro atoms. The molecule has 0 aliphatic carbocycles. The van der Waals surface area contributed by atoms with Crippen LogP contribution in [0.2, 0.25) is 0 Å². The molecule has 2 aromatic heterocycles. The standard InChI is InChI=1S/C30H24FN7O4.CN.K/c1-41-26-4-2-3-22(31)27(26)28-34-10-8-24(35-28)29(39)36-23-6-5-18(21-15-33-9-7-19(21)14-32)13-25(23)37-11-12-38-20(16-37)17-42-30(38)40;1-2;/h2-10,13,15,20H,11-12,16-17H2,1H3,(H,36,39);;/q;-1;+1/t20-;;/m1../s1. The summed E-state index contributed by atoms with van der Waals surface area (Å²) in [6.45, 7) is 6.47. The molecule has 2 saturated heterocycles. The van der Waals surface area contributed by atoms with Gasteiger partial charge in [-0.15, -0.1) is 0 Å². The van der Waals surface area contributed by atoms with E-state index in [9.17, 15) is 19.2 Å². The molecule has 4 aromatic rings. The molecule has 1 atom stereocenters. The molecule has 1 N–H and O–H groups in total. The van der Waals surface area contributed by atoms with Crippen LogP contribution in [0, 0.1) is 29.0 Å². The maximum atomic E-state index is 14.7. The summed E-state index contributed by atoms with van der Waals surface area (Å²) in [5.41, 5.74) is 3.12. The normalized spacial score (nSPS) is 14.9. The molecule has 2 aliphatic rings. The van der Waals surface area contributed by atoms with Gasteiger partial charge in [-0.3, -0.25) is 14.7 Å². The minimum Gasteiger partial charge on any atom is -0.512 e. The third-order valence-corrected chi connectivity index (χ3v) is 7.26. The first-order valence-corrected chi connectivity index (χ1v) is 13.3. The molecular weight excluding hydrogens is 606 g/mol. The second kappa shape index (κ2) is 15.0. The van der Waals surface area contributed by atoms with Gasteiger partial charge in [-0.2, -0.15) is 5.26 Å². The van der Waals surface area contributed by atoms with Crippen molar-refractivity contribution in [1.82, 2.24) is 19.9 Å². The molecule has 2 aliphatic heterocycles. The summed E-state index contributed by atoms with van der Waals surface area (Å²) in [5, 5.41) is 18.8. The quantitative estimate of drug-likeness (QED) is 0.243. The molecule has 2 amide bonds. The smallest absolute Gasteiger partial charge is 0.512 e.